The molecular weight excluding hydrogens is 434 g/mol. The van der Waals surface area contributed by atoms with E-state index in [4.69, 9.17) is 0 Å². The molecular formula is C21H16BrN5O2. The van der Waals surface area contributed by atoms with Crippen molar-refractivity contribution in [2.75, 3.05) is 5.32 Å². The Hall–Kier alpha value is -3.52. The van der Waals surface area contributed by atoms with Gasteiger partial charge in [0.1, 0.15) is 0 Å². The monoisotopic (exact) mass is 449 g/mol. The zero-order valence-electron chi connectivity index (χ0n) is 15.2. The SMILES string of the molecule is O=C(NCc1nnc2ccccn12)c1cccc(NC(=O)c2cccc(Br)c2)c1. The first-order chi connectivity index (χ1) is 14.1. The number of nitrogens with zero attached hydrogens (tertiary/aromatic N) is 3. The van der Waals surface area contributed by atoms with Crippen molar-refractivity contribution in [1.82, 2.24) is 19.9 Å². The lowest BCUT2D eigenvalue weighted by Crippen LogP contribution is -2.24. The van der Waals surface area contributed by atoms with Gasteiger partial charge in [0.25, 0.3) is 11.8 Å². The van der Waals surface area contributed by atoms with Gasteiger partial charge in [-0.2, -0.15) is 0 Å². The number of fused-ring (bicyclic) bond motifs is 1. The maximum absolute atomic E-state index is 12.5. The van der Waals surface area contributed by atoms with Gasteiger partial charge in [-0.25, -0.2) is 0 Å². The minimum Gasteiger partial charge on any atom is -0.345 e. The quantitative estimate of drug-likeness (QED) is 0.486. The number of pyridine rings is 1. The van der Waals surface area contributed by atoms with Gasteiger partial charge in [-0.1, -0.05) is 34.1 Å². The number of hydrogen-bond acceptors (Lipinski definition) is 4. The van der Waals surface area contributed by atoms with Gasteiger partial charge in [-0.05, 0) is 48.5 Å². The molecule has 0 aliphatic heterocycles. The third-order valence-electron chi connectivity index (χ3n) is 4.26. The summed E-state index contributed by atoms with van der Waals surface area (Å²) in [5.41, 5.74) is 2.21. The van der Waals surface area contributed by atoms with E-state index in [0.717, 1.165) is 4.47 Å². The summed E-state index contributed by atoms with van der Waals surface area (Å²) >= 11 is 3.35. The number of anilines is 1. The lowest BCUT2D eigenvalue weighted by Gasteiger charge is -2.08. The second-order valence-electron chi connectivity index (χ2n) is 6.27. The summed E-state index contributed by atoms with van der Waals surface area (Å²) in [6, 6.07) is 19.5. The lowest BCUT2D eigenvalue weighted by atomic mass is 10.1. The Kier molecular flexibility index (Phi) is 5.35. The van der Waals surface area contributed by atoms with Gasteiger partial charge in [0.05, 0.1) is 6.54 Å². The van der Waals surface area contributed by atoms with Crippen LogP contribution >= 0.6 is 15.9 Å². The Labute approximate surface area is 174 Å². The molecule has 0 saturated carbocycles. The van der Waals surface area contributed by atoms with Crippen LogP contribution in [-0.4, -0.2) is 26.4 Å². The van der Waals surface area contributed by atoms with Crippen molar-refractivity contribution in [3.8, 4) is 0 Å². The minimum atomic E-state index is -0.267. The number of carbonyl (C=O) groups excluding carboxylic acids is 2. The molecule has 0 bridgehead atoms. The van der Waals surface area contributed by atoms with Crippen LogP contribution in [0.4, 0.5) is 5.69 Å². The van der Waals surface area contributed by atoms with E-state index in [0.29, 0.717) is 28.3 Å². The summed E-state index contributed by atoms with van der Waals surface area (Å²) in [6.07, 6.45) is 1.84. The average Bonchev–Trinajstić information content (AvgIpc) is 3.15. The van der Waals surface area contributed by atoms with Gasteiger partial charge in [0, 0.05) is 27.5 Å². The normalized spacial score (nSPS) is 10.7. The van der Waals surface area contributed by atoms with Crippen molar-refractivity contribution in [2.45, 2.75) is 6.54 Å². The summed E-state index contributed by atoms with van der Waals surface area (Å²) < 4.78 is 2.63. The summed E-state index contributed by atoms with van der Waals surface area (Å²) in [6.45, 7) is 0.235. The van der Waals surface area contributed by atoms with Gasteiger partial charge < -0.3 is 10.6 Å². The van der Waals surface area contributed by atoms with Gasteiger partial charge in [-0.3, -0.25) is 14.0 Å². The van der Waals surface area contributed by atoms with Gasteiger partial charge in [0.15, 0.2) is 11.5 Å². The van der Waals surface area contributed by atoms with E-state index in [1.54, 1.807) is 42.5 Å². The molecule has 8 heteroatoms. The molecule has 0 fully saturated rings. The van der Waals surface area contributed by atoms with Crippen LogP contribution in [0.15, 0.2) is 77.4 Å². The number of halogens is 1. The number of hydrogen-bond donors (Lipinski definition) is 2. The molecule has 0 aliphatic rings. The zero-order chi connectivity index (χ0) is 20.2. The number of benzene rings is 2. The van der Waals surface area contributed by atoms with Gasteiger partial charge in [-0.15, -0.1) is 10.2 Å². The molecule has 2 aromatic carbocycles. The van der Waals surface area contributed by atoms with Crippen LogP contribution < -0.4 is 10.6 Å². The third kappa shape index (κ3) is 4.33. The number of aromatic nitrogens is 3. The highest BCUT2D eigenvalue weighted by Gasteiger charge is 2.11. The Morgan fingerprint density at radius 2 is 1.69 bits per heavy atom. The van der Waals surface area contributed by atoms with E-state index in [-0.39, 0.29) is 18.4 Å². The van der Waals surface area contributed by atoms with Crippen LogP contribution in [0, 0.1) is 0 Å². The highest BCUT2D eigenvalue weighted by atomic mass is 79.9. The first-order valence-corrected chi connectivity index (χ1v) is 9.63. The fourth-order valence-electron chi connectivity index (χ4n) is 2.84. The summed E-state index contributed by atoms with van der Waals surface area (Å²) in [4.78, 5) is 24.9. The molecule has 2 amide bonds. The predicted octanol–water partition coefficient (Wildman–Crippen LogP) is 3.67. The molecule has 144 valence electrons. The van der Waals surface area contributed by atoms with Crippen LogP contribution in [0.3, 0.4) is 0 Å². The molecule has 4 aromatic rings. The molecule has 0 unspecified atom stereocenters. The number of carbonyl (C=O) groups is 2. The smallest absolute Gasteiger partial charge is 0.255 e. The van der Waals surface area contributed by atoms with E-state index in [1.807, 2.05) is 34.9 Å². The molecule has 4 rings (SSSR count). The predicted molar refractivity (Wildman–Crippen MR) is 113 cm³/mol. The van der Waals surface area contributed by atoms with Crippen LogP contribution in [-0.2, 0) is 6.54 Å². The molecule has 2 heterocycles. The lowest BCUT2D eigenvalue weighted by molar-refractivity contribution is 0.0948. The van der Waals surface area contributed by atoms with E-state index in [9.17, 15) is 9.59 Å². The molecule has 29 heavy (non-hydrogen) atoms. The number of rotatable bonds is 5. The highest BCUT2D eigenvalue weighted by molar-refractivity contribution is 9.10. The van der Waals surface area contributed by atoms with E-state index in [1.165, 1.54) is 0 Å². The Morgan fingerprint density at radius 1 is 0.897 bits per heavy atom. The first kappa shape index (κ1) is 18.8. The summed E-state index contributed by atoms with van der Waals surface area (Å²) in [5.74, 6) is 0.114. The summed E-state index contributed by atoms with van der Waals surface area (Å²) in [7, 11) is 0. The fraction of sp³-hybridized carbons (Fsp3) is 0.0476. The Bertz CT molecular complexity index is 1200. The molecule has 0 saturated heterocycles. The van der Waals surface area contributed by atoms with E-state index in [2.05, 4.69) is 36.8 Å². The van der Waals surface area contributed by atoms with E-state index < -0.39 is 0 Å². The van der Waals surface area contributed by atoms with E-state index >= 15 is 0 Å². The number of amides is 2. The Balaban J connectivity index is 1.43. The molecule has 0 atom stereocenters. The largest absolute Gasteiger partial charge is 0.345 e. The third-order valence-corrected chi connectivity index (χ3v) is 4.75. The maximum atomic E-state index is 12.5. The topological polar surface area (TPSA) is 88.4 Å². The average molecular weight is 450 g/mol. The molecule has 2 N–H and O–H groups in total. The first-order valence-electron chi connectivity index (χ1n) is 8.84. The van der Waals surface area contributed by atoms with Gasteiger partial charge >= 0.3 is 0 Å². The van der Waals surface area contributed by atoms with Crippen molar-refractivity contribution in [3.63, 3.8) is 0 Å². The van der Waals surface area contributed by atoms with Crippen LogP contribution in [0.25, 0.3) is 5.65 Å². The van der Waals surface area contributed by atoms with Crippen LogP contribution in [0.2, 0.25) is 0 Å². The Morgan fingerprint density at radius 3 is 2.52 bits per heavy atom. The van der Waals surface area contributed by atoms with Crippen LogP contribution in [0.1, 0.15) is 26.5 Å². The molecule has 7 nitrogen and oxygen atoms in total. The fourth-order valence-corrected chi connectivity index (χ4v) is 3.24. The van der Waals surface area contributed by atoms with Crippen LogP contribution in [0.5, 0.6) is 0 Å². The molecule has 0 aliphatic carbocycles. The van der Waals surface area contributed by atoms with Crippen molar-refractivity contribution in [2.24, 2.45) is 0 Å². The minimum absolute atomic E-state index is 0.235. The molecule has 0 spiro atoms. The van der Waals surface area contributed by atoms with Crippen molar-refractivity contribution < 1.29 is 9.59 Å². The van der Waals surface area contributed by atoms with Crippen molar-refractivity contribution >= 4 is 39.1 Å². The van der Waals surface area contributed by atoms with Crippen molar-refractivity contribution in [3.05, 3.63) is 94.4 Å². The zero-order valence-corrected chi connectivity index (χ0v) is 16.8. The second-order valence-corrected chi connectivity index (χ2v) is 7.19. The standard InChI is InChI=1S/C21H16BrN5O2/c22-16-7-3-5-14(11-16)21(29)24-17-8-4-6-15(12-17)20(28)23-13-19-26-25-18-9-1-2-10-27(18)19/h1-12H,13H2,(H,23,28)(H,24,29). The maximum Gasteiger partial charge on any atom is 0.255 e. The highest BCUT2D eigenvalue weighted by Crippen LogP contribution is 2.15. The van der Waals surface area contributed by atoms with Crippen molar-refractivity contribution in [1.29, 1.82) is 0 Å². The van der Waals surface area contributed by atoms with Gasteiger partial charge in [0.2, 0.25) is 0 Å². The second kappa shape index (κ2) is 8.24. The molecule has 0 radical (unpaired) electrons. The number of nitrogens with one attached hydrogen (secondary N) is 2. The molecule has 2 aromatic heterocycles. The summed E-state index contributed by atoms with van der Waals surface area (Å²) in [5, 5.41) is 13.8.